The van der Waals surface area contributed by atoms with Gasteiger partial charge < -0.3 is 9.73 Å². The van der Waals surface area contributed by atoms with Gasteiger partial charge in [-0.1, -0.05) is 0 Å². The van der Waals surface area contributed by atoms with Gasteiger partial charge in [-0.3, -0.25) is 0 Å². The number of hydrogen-bond acceptors (Lipinski definition) is 4. The molecular formula is C13H14N4O. The lowest BCUT2D eigenvalue weighted by Crippen LogP contribution is -2.07. The van der Waals surface area contributed by atoms with Gasteiger partial charge >= 0.3 is 0 Å². The van der Waals surface area contributed by atoms with Crippen molar-refractivity contribution in [2.45, 2.75) is 13.3 Å². The average molecular weight is 242 g/mol. The molecule has 0 aliphatic rings. The van der Waals surface area contributed by atoms with Crippen LogP contribution >= 0.6 is 0 Å². The number of aromatic nitrogens is 3. The molecule has 18 heavy (non-hydrogen) atoms. The zero-order valence-electron chi connectivity index (χ0n) is 10.1. The molecule has 5 heteroatoms. The van der Waals surface area contributed by atoms with Gasteiger partial charge in [-0.15, -0.1) is 0 Å². The molecule has 0 amide bonds. The number of anilines is 1. The van der Waals surface area contributed by atoms with Gasteiger partial charge in [0.25, 0.3) is 0 Å². The maximum absolute atomic E-state index is 5.29. The van der Waals surface area contributed by atoms with Crippen LogP contribution in [0, 0.1) is 6.92 Å². The molecule has 0 saturated heterocycles. The van der Waals surface area contributed by atoms with E-state index in [4.69, 9.17) is 4.42 Å². The lowest BCUT2D eigenvalue weighted by atomic mass is 10.3. The van der Waals surface area contributed by atoms with E-state index >= 15 is 0 Å². The number of hydrogen-bond donors (Lipinski definition) is 1. The van der Waals surface area contributed by atoms with Crippen LogP contribution in [0.25, 0.3) is 5.52 Å². The van der Waals surface area contributed by atoms with E-state index in [1.807, 2.05) is 35.8 Å². The topological polar surface area (TPSA) is 55.4 Å². The molecule has 1 N–H and O–H groups in total. The van der Waals surface area contributed by atoms with E-state index in [9.17, 15) is 0 Å². The summed E-state index contributed by atoms with van der Waals surface area (Å²) in [7, 11) is 0. The Morgan fingerprint density at radius 1 is 1.44 bits per heavy atom. The molecule has 0 fully saturated rings. The van der Waals surface area contributed by atoms with Crippen LogP contribution in [0.1, 0.15) is 11.5 Å². The van der Waals surface area contributed by atoms with Crippen LogP contribution in [-0.2, 0) is 6.42 Å². The lowest BCUT2D eigenvalue weighted by Gasteiger charge is -2.05. The van der Waals surface area contributed by atoms with Crippen molar-refractivity contribution in [1.82, 2.24) is 14.6 Å². The largest absolute Gasteiger partial charge is 0.469 e. The van der Waals surface area contributed by atoms with Gasteiger partial charge in [-0.05, 0) is 25.1 Å². The van der Waals surface area contributed by atoms with Crippen molar-refractivity contribution in [3.8, 4) is 0 Å². The summed E-state index contributed by atoms with van der Waals surface area (Å²) < 4.78 is 7.12. The molecular weight excluding hydrogens is 228 g/mol. The number of fused-ring (bicyclic) bond motifs is 1. The second kappa shape index (κ2) is 4.52. The Hall–Kier alpha value is -2.30. The zero-order valence-corrected chi connectivity index (χ0v) is 10.1. The van der Waals surface area contributed by atoms with Crippen molar-refractivity contribution in [3.05, 3.63) is 48.3 Å². The molecule has 92 valence electrons. The zero-order chi connectivity index (χ0) is 12.4. The second-order valence-electron chi connectivity index (χ2n) is 4.15. The summed E-state index contributed by atoms with van der Waals surface area (Å²) in [6.45, 7) is 2.75. The maximum Gasteiger partial charge on any atom is 0.152 e. The number of furan rings is 1. The molecule has 3 heterocycles. The van der Waals surface area contributed by atoms with Gasteiger partial charge in [0.05, 0.1) is 12.0 Å². The summed E-state index contributed by atoms with van der Waals surface area (Å²) in [5.74, 6) is 1.82. The molecule has 0 bridgehead atoms. The molecule has 0 aliphatic carbocycles. The summed E-state index contributed by atoms with van der Waals surface area (Å²) >= 11 is 0. The summed E-state index contributed by atoms with van der Waals surface area (Å²) in [6, 6.07) is 5.88. The Morgan fingerprint density at radius 3 is 3.22 bits per heavy atom. The Labute approximate surface area is 104 Å². The van der Waals surface area contributed by atoms with Gasteiger partial charge in [0, 0.05) is 25.4 Å². The molecule has 0 atom stereocenters. The van der Waals surface area contributed by atoms with Crippen LogP contribution in [-0.4, -0.2) is 21.1 Å². The predicted molar refractivity (Wildman–Crippen MR) is 68.6 cm³/mol. The van der Waals surface area contributed by atoms with Crippen molar-refractivity contribution >= 4 is 11.3 Å². The third-order valence-electron chi connectivity index (χ3n) is 2.76. The minimum atomic E-state index is 0.782. The van der Waals surface area contributed by atoms with Gasteiger partial charge in [-0.25, -0.2) is 9.50 Å². The fraction of sp³-hybridized carbons (Fsp3) is 0.231. The fourth-order valence-electron chi connectivity index (χ4n) is 1.94. The van der Waals surface area contributed by atoms with Crippen LogP contribution in [0.4, 0.5) is 5.82 Å². The fourth-order valence-corrected chi connectivity index (χ4v) is 1.94. The maximum atomic E-state index is 5.29. The lowest BCUT2D eigenvalue weighted by molar-refractivity contribution is 0.513. The Bertz CT molecular complexity index is 642. The summed E-state index contributed by atoms with van der Waals surface area (Å²) in [5.41, 5.74) is 1.98. The Balaban J connectivity index is 1.74. The van der Waals surface area contributed by atoms with E-state index in [0.717, 1.165) is 35.8 Å². The normalized spacial score (nSPS) is 10.9. The van der Waals surface area contributed by atoms with E-state index in [-0.39, 0.29) is 0 Å². The van der Waals surface area contributed by atoms with Crippen LogP contribution in [0.5, 0.6) is 0 Å². The van der Waals surface area contributed by atoms with Crippen molar-refractivity contribution in [2.24, 2.45) is 0 Å². The predicted octanol–water partition coefficient (Wildman–Crippen LogP) is 2.29. The monoisotopic (exact) mass is 242 g/mol. The van der Waals surface area contributed by atoms with E-state index < -0.39 is 0 Å². The Morgan fingerprint density at radius 2 is 2.39 bits per heavy atom. The smallest absolute Gasteiger partial charge is 0.152 e. The second-order valence-corrected chi connectivity index (χ2v) is 4.15. The molecule has 0 unspecified atom stereocenters. The van der Waals surface area contributed by atoms with E-state index in [0.29, 0.717) is 0 Å². The molecule has 3 aromatic heterocycles. The van der Waals surface area contributed by atoms with E-state index in [2.05, 4.69) is 15.4 Å². The third kappa shape index (κ3) is 2.07. The third-order valence-corrected chi connectivity index (χ3v) is 2.76. The first-order chi connectivity index (χ1) is 8.83. The SMILES string of the molecule is Cc1cc2c(NCCc3ccco3)nccn2n1. The highest BCUT2D eigenvalue weighted by atomic mass is 16.3. The molecule has 3 rings (SSSR count). The van der Waals surface area contributed by atoms with Crippen LogP contribution in [0.15, 0.2) is 41.3 Å². The summed E-state index contributed by atoms with van der Waals surface area (Å²) in [4.78, 5) is 4.34. The number of nitrogens with zero attached hydrogens (tertiary/aromatic N) is 3. The van der Waals surface area contributed by atoms with Crippen molar-refractivity contribution in [3.63, 3.8) is 0 Å². The number of rotatable bonds is 4. The van der Waals surface area contributed by atoms with Crippen LogP contribution < -0.4 is 5.32 Å². The first-order valence-corrected chi connectivity index (χ1v) is 5.90. The minimum Gasteiger partial charge on any atom is -0.469 e. The molecule has 5 nitrogen and oxygen atoms in total. The molecule has 0 aromatic carbocycles. The standard InChI is InChI=1S/C13H14N4O/c1-10-9-12-13(15-6-7-17(12)16-10)14-5-4-11-3-2-8-18-11/h2-3,6-9H,4-5H2,1H3,(H,14,15). The van der Waals surface area contributed by atoms with Crippen LogP contribution in [0.2, 0.25) is 0 Å². The molecule has 3 aromatic rings. The first-order valence-electron chi connectivity index (χ1n) is 5.90. The highest BCUT2D eigenvalue weighted by Gasteiger charge is 2.04. The van der Waals surface area contributed by atoms with Crippen LogP contribution in [0.3, 0.4) is 0 Å². The molecule has 0 saturated carbocycles. The summed E-state index contributed by atoms with van der Waals surface area (Å²) in [5, 5.41) is 7.66. The molecule has 0 aliphatic heterocycles. The van der Waals surface area contributed by atoms with Gasteiger partial charge in [-0.2, -0.15) is 5.10 Å². The highest BCUT2D eigenvalue weighted by molar-refractivity contribution is 5.67. The molecule has 0 spiro atoms. The highest BCUT2D eigenvalue weighted by Crippen LogP contribution is 2.14. The quantitative estimate of drug-likeness (QED) is 0.762. The summed E-state index contributed by atoms with van der Waals surface area (Å²) in [6.07, 6.45) is 6.12. The number of nitrogens with one attached hydrogen (secondary N) is 1. The van der Waals surface area contributed by atoms with Gasteiger partial charge in [0.2, 0.25) is 0 Å². The van der Waals surface area contributed by atoms with Gasteiger partial charge in [0.15, 0.2) is 5.82 Å². The first kappa shape index (κ1) is 10.8. The van der Waals surface area contributed by atoms with E-state index in [1.54, 1.807) is 12.5 Å². The minimum absolute atomic E-state index is 0.782. The Kier molecular flexibility index (Phi) is 2.72. The van der Waals surface area contributed by atoms with Gasteiger partial charge in [0.1, 0.15) is 11.3 Å². The average Bonchev–Trinajstić information content (AvgIpc) is 2.97. The van der Waals surface area contributed by atoms with Crippen molar-refractivity contribution in [1.29, 1.82) is 0 Å². The van der Waals surface area contributed by atoms with E-state index in [1.165, 1.54) is 0 Å². The number of aryl methyl sites for hydroxylation is 1. The van der Waals surface area contributed by atoms with Crippen molar-refractivity contribution in [2.75, 3.05) is 11.9 Å². The van der Waals surface area contributed by atoms with Crippen molar-refractivity contribution < 1.29 is 4.42 Å². The molecule has 0 radical (unpaired) electrons.